The zero-order chi connectivity index (χ0) is 20.5. The van der Waals surface area contributed by atoms with E-state index < -0.39 is 34.8 Å². The van der Waals surface area contributed by atoms with Crippen LogP contribution in [0.5, 0.6) is 0 Å². The third-order valence-corrected chi connectivity index (χ3v) is 4.75. The molecule has 2 unspecified atom stereocenters. The fourth-order valence-electron chi connectivity index (χ4n) is 3.38. The topological polar surface area (TPSA) is 124 Å². The molecule has 0 fully saturated rings. The number of aliphatic carboxylic acids is 1. The Hall–Kier alpha value is -3.36. The number of nitrogens with one attached hydrogen (secondary N) is 1. The number of carbonyl (C=O) groups is 4. The summed E-state index contributed by atoms with van der Waals surface area (Å²) in [6.07, 6.45) is 0.701. The predicted octanol–water partition coefficient (Wildman–Crippen LogP) is 1.61. The molecule has 1 heterocycles. The molecule has 2 aromatic rings. The molecule has 8 nitrogen and oxygen atoms in total. The molecule has 1 amide bonds. The van der Waals surface area contributed by atoms with Crippen molar-refractivity contribution in [3.05, 3.63) is 58.8 Å². The van der Waals surface area contributed by atoms with Crippen molar-refractivity contribution in [3.8, 4) is 11.1 Å². The Labute approximate surface area is 160 Å². The molecule has 0 saturated carbocycles. The van der Waals surface area contributed by atoms with E-state index in [1.54, 1.807) is 30.3 Å². The number of benzene rings is 2. The number of hydrogen-bond acceptors (Lipinski definition) is 5. The van der Waals surface area contributed by atoms with Gasteiger partial charge >= 0.3 is 5.97 Å². The molecule has 28 heavy (non-hydrogen) atoms. The van der Waals surface area contributed by atoms with Crippen molar-refractivity contribution < 1.29 is 24.3 Å². The van der Waals surface area contributed by atoms with Crippen LogP contribution in [0.4, 0.5) is 5.69 Å². The summed E-state index contributed by atoms with van der Waals surface area (Å²) >= 11 is 0. The molecule has 0 bridgehead atoms. The van der Waals surface area contributed by atoms with Crippen LogP contribution >= 0.6 is 0 Å². The number of carboxylic acids is 1. The minimum Gasteiger partial charge on any atom is -0.627 e. The fourth-order valence-corrected chi connectivity index (χ4v) is 3.38. The van der Waals surface area contributed by atoms with Crippen LogP contribution in [0, 0.1) is 11.1 Å². The minimum absolute atomic E-state index is 0.0948. The van der Waals surface area contributed by atoms with Crippen LogP contribution in [-0.2, 0) is 9.59 Å². The summed E-state index contributed by atoms with van der Waals surface area (Å²) in [7, 11) is 1.34. The summed E-state index contributed by atoms with van der Waals surface area (Å²) in [5.74, 6) is -3.87. The number of quaternary nitrogens is 1. The molecule has 2 atom stereocenters. The van der Waals surface area contributed by atoms with Crippen LogP contribution in [0.1, 0.15) is 20.7 Å². The number of amides is 1. The third-order valence-electron chi connectivity index (χ3n) is 4.75. The maximum atomic E-state index is 12.9. The summed E-state index contributed by atoms with van der Waals surface area (Å²) in [5.41, 5.74) is 1.92. The van der Waals surface area contributed by atoms with Gasteiger partial charge in [0.15, 0.2) is 18.0 Å². The summed E-state index contributed by atoms with van der Waals surface area (Å²) in [4.78, 5) is 47.1. The second-order valence-corrected chi connectivity index (χ2v) is 6.75. The zero-order valence-corrected chi connectivity index (χ0v) is 15.0. The molecule has 2 N–H and O–H groups in total. The lowest BCUT2D eigenvalue weighted by Gasteiger charge is -2.44. The molecule has 0 aliphatic carbocycles. The first-order valence-corrected chi connectivity index (χ1v) is 8.54. The highest BCUT2D eigenvalue weighted by atomic mass is 16.5. The van der Waals surface area contributed by atoms with Crippen molar-refractivity contribution in [1.82, 2.24) is 9.96 Å². The molecule has 0 spiro atoms. The second-order valence-electron chi connectivity index (χ2n) is 6.75. The van der Waals surface area contributed by atoms with Gasteiger partial charge in [-0.1, -0.05) is 24.3 Å². The SMILES string of the molecule is C[N+]1([O-])CC(C(=O)NCC(=O)O)C(=O)c2cc(-c3ccccc3C=O)ccc21. The van der Waals surface area contributed by atoms with E-state index in [9.17, 15) is 24.4 Å². The van der Waals surface area contributed by atoms with Crippen molar-refractivity contribution in [1.29, 1.82) is 0 Å². The molecule has 8 heteroatoms. The van der Waals surface area contributed by atoms with Crippen LogP contribution in [0.2, 0.25) is 0 Å². The number of Topliss-reactive ketones (excluding diaryl/α,β-unsaturated/α-hetero) is 1. The second kappa shape index (κ2) is 7.34. The Balaban J connectivity index is 2.04. The van der Waals surface area contributed by atoms with Gasteiger partial charge in [0.25, 0.3) is 0 Å². The highest BCUT2D eigenvalue weighted by molar-refractivity contribution is 6.15. The minimum atomic E-state index is -1.29. The molecule has 3 rings (SSSR count). The van der Waals surface area contributed by atoms with E-state index >= 15 is 0 Å². The number of aldehydes is 1. The van der Waals surface area contributed by atoms with Gasteiger partial charge < -0.3 is 20.3 Å². The lowest BCUT2D eigenvalue weighted by molar-refractivity contribution is -0.138. The summed E-state index contributed by atoms with van der Waals surface area (Å²) in [5, 5.41) is 23.8. The Morgan fingerprint density at radius 1 is 1.25 bits per heavy atom. The highest BCUT2D eigenvalue weighted by Gasteiger charge is 2.41. The number of fused-ring (bicyclic) bond motifs is 1. The van der Waals surface area contributed by atoms with E-state index in [0.29, 0.717) is 23.0 Å². The molecule has 1 aliphatic heterocycles. The van der Waals surface area contributed by atoms with Crippen molar-refractivity contribution in [3.63, 3.8) is 0 Å². The normalized spacial score (nSPS) is 20.9. The number of hydrogen-bond donors (Lipinski definition) is 2. The first-order chi connectivity index (χ1) is 13.2. The smallest absolute Gasteiger partial charge is 0.322 e. The molecule has 0 saturated heterocycles. The number of rotatable bonds is 5. The van der Waals surface area contributed by atoms with Gasteiger partial charge in [-0.15, -0.1) is 0 Å². The average Bonchev–Trinajstić information content (AvgIpc) is 2.68. The molecule has 2 aromatic carbocycles. The van der Waals surface area contributed by atoms with E-state index in [4.69, 9.17) is 5.11 Å². The van der Waals surface area contributed by atoms with Crippen molar-refractivity contribution in [2.75, 3.05) is 20.1 Å². The molecule has 0 aromatic heterocycles. The van der Waals surface area contributed by atoms with Crippen molar-refractivity contribution in [2.45, 2.75) is 0 Å². The summed E-state index contributed by atoms with van der Waals surface area (Å²) < 4.78 is -0.943. The highest BCUT2D eigenvalue weighted by Crippen LogP contribution is 2.37. The van der Waals surface area contributed by atoms with Gasteiger partial charge in [-0.2, -0.15) is 0 Å². The molecule has 1 aliphatic rings. The Morgan fingerprint density at radius 3 is 2.64 bits per heavy atom. The van der Waals surface area contributed by atoms with Crippen LogP contribution in [0.15, 0.2) is 42.5 Å². The number of carbonyl (C=O) groups excluding carboxylic acids is 3. The third kappa shape index (κ3) is 3.55. The van der Waals surface area contributed by atoms with Crippen LogP contribution in [-0.4, -0.2) is 49.2 Å². The average molecular weight is 382 g/mol. The zero-order valence-electron chi connectivity index (χ0n) is 15.0. The molecule has 0 radical (unpaired) electrons. The van der Waals surface area contributed by atoms with Gasteiger partial charge in [-0.25, -0.2) is 0 Å². The number of hydroxylamine groups is 2. The lowest BCUT2D eigenvalue weighted by Crippen LogP contribution is -2.54. The van der Waals surface area contributed by atoms with E-state index in [0.717, 1.165) is 0 Å². The standard InChI is InChI=1S/C20H18N2O6/c1-22(28)10-16(20(27)21-9-18(24)25)19(26)15-8-12(6-7-17(15)22)14-5-3-2-4-13(14)11-23/h2-8,11,16H,9-10H2,1H3,(H,21,27)(H,24,25). The van der Waals surface area contributed by atoms with Gasteiger partial charge in [0.05, 0.1) is 12.6 Å². The maximum Gasteiger partial charge on any atom is 0.322 e. The number of nitrogens with zero attached hydrogens (tertiary/aromatic N) is 1. The lowest BCUT2D eigenvalue weighted by atomic mass is 9.87. The Bertz CT molecular complexity index is 982. The molecule has 144 valence electrons. The van der Waals surface area contributed by atoms with E-state index in [1.165, 1.54) is 19.2 Å². The summed E-state index contributed by atoms with van der Waals surface area (Å²) in [6, 6.07) is 11.5. The number of carboxylic acid groups (broad SMARTS) is 1. The fraction of sp³-hybridized carbons (Fsp3) is 0.200. The van der Waals surface area contributed by atoms with Gasteiger partial charge in [-0.05, 0) is 23.3 Å². The van der Waals surface area contributed by atoms with Gasteiger partial charge in [0.1, 0.15) is 18.8 Å². The van der Waals surface area contributed by atoms with Crippen molar-refractivity contribution in [2.24, 2.45) is 5.92 Å². The predicted molar refractivity (Wildman–Crippen MR) is 102 cm³/mol. The van der Waals surface area contributed by atoms with Crippen LogP contribution < -0.4 is 9.96 Å². The maximum absolute atomic E-state index is 12.9. The quantitative estimate of drug-likeness (QED) is 0.350. The molecular formula is C20H18N2O6. The Morgan fingerprint density at radius 2 is 1.96 bits per heavy atom. The van der Waals surface area contributed by atoms with Crippen molar-refractivity contribution >= 4 is 29.6 Å². The van der Waals surface area contributed by atoms with Gasteiger partial charge in [-0.3, -0.25) is 19.2 Å². The number of ketones is 1. The first kappa shape index (κ1) is 19.4. The van der Waals surface area contributed by atoms with Crippen LogP contribution in [0.25, 0.3) is 11.1 Å². The monoisotopic (exact) mass is 382 g/mol. The van der Waals surface area contributed by atoms with E-state index in [1.807, 2.05) is 0 Å². The Kier molecular flexibility index (Phi) is 5.08. The van der Waals surface area contributed by atoms with Gasteiger partial charge in [0.2, 0.25) is 5.91 Å². The van der Waals surface area contributed by atoms with E-state index in [2.05, 4.69) is 5.32 Å². The van der Waals surface area contributed by atoms with Gasteiger partial charge in [0, 0.05) is 11.6 Å². The summed E-state index contributed by atoms with van der Waals surface area (Å²) in [6.45, 7) is -0.952. The van der Waals surface area contributed by atoms with Crippen LogP contribution in [0.3, 0.4) is 0 Å². The largest absolute Gasteiger partial charge is 0.627 e. The first-order valence-electron chi connectivity index (χ1n) is 8.54. The molecular weight excluding hydrogens is 364 g/mol. The van der Waals surface area contributed by atoms with E-state index in [-0.39, 0.29) is 17.8 Å².